The normalized spacial score (nSPS) is 10.2. The van der Waals surface area contributed by atoms with Gasteiger partial charge in [0.15, 0.2) is 0 Å². The molecule has 138 valence electrons. The lowest BCUT2D eigenvalue weighted by atomic mass is 10.0. The van der Waals surface area contributed by atoms with Crippen molar-refractivity contribution in [1.82, 2.24) is 9.88 Å². The number of hydrogen-bond acceptors (Lipinski definition) is 4. The number of carbonyl (C=O) groups is 1. The van der Waals surface area contributed by atoms with Crippen molar-refractivity contribution in [3.05, 3.63) is 65.2 Å². The highest BCUT2D eigenvalue weighted by molar-refractivity contribution is 6.30. The van der Waals surface area contributed by atoms with E-state index in [2.05, 4.69) is 17.1 Å². The topological polar surface area (TPSA) is 80.8 Å². The molecule has 0 aliphatic heterocycles. The van der Waals surface area contributed by atoms with Gasteiger partial charge in [-0.05, 0) is 24.3 Å². The van der Waals surface area contributed by atoms with Crippen molar-refractivity contribution in [2.75, 3.05) is 13.1 Å². The summed E-state index contributed by atoms with van der Waals surface area (Å²) in [6.07, 6.45) is 0.425. The molecule has 28 heavy (non-hydrogen) atoms. The molecule has 0 saturated heterocycles. The predicted molar refractivity (Wildman–Crippen MR) is 109 cm³/mol. The number of halogens is 1. The summed E-state index contributed by atoms with van der Waals surface area (Å²) in [5, 5.41) is 19.2. The number of nitrogens with zero attached hydrogens (tertiary/aromatic N) is 4. The summed E-state index contributed by atoms with van der Waals surface area (Å²) in [6.45, 7) is 0.563. The summed E-state index contributed by atoms with van der Waals surface area (Å²) in [6, 6.07) is 20.6. The lowest BCUT2D eigenvalue weighted by Gasteiger charge is -2.21. The quantitative estimate of drug-likeness (QED) is 0.605. The van der Waals surface area contributed by atoms with Crippen LogP contribution in [0.25, 0.3) is 22.2 Å². The second kappa shape index (κ2) is 8.99. The van der Waals surface area contributed by atoms with Crippen LogP contribution in [0.4, 0.5) is 0 Å². The van der Waals surface area contributed by atoms with Crippen molar-refractivity contribution in [3.8, 4) is 23.4 Å². The molecule has 2 aromatic carbocycles. The number of hydrogen-bond donors (Lipinski definition) is 0. The Bertz CT molecular complexity index is 1060. The summed E-state index contributed by atoms with van der Waals surface area (Å²) < 4.78 is 0. The summed E-state index contributed by atoms with van der Waals surface area (Å²) in [4.78, 5) is 19.5. The van der Waals surface area contributed by atoms with Gasteiger partial charge < -0.3 is 4.90 Å². The average molecular weight is 389 g/mol. The molecule has 0 unspecified atom stereocenters. The molecule has 1 amide bonds. The number of benzene rings is 2. The van der Waals surface area contributed by atoms with E-state index in [9.17, 15) is 4.79 Å². The lowest BCUT2D eigenvalue weighted by Crippen LogP contribution is -2.33. The zero-order valence-electron chi connectivity index (χ0n) is 15.1. The molecule has 3 aromatic rings. The van der Waals surface area contributed by atoms with E-state index in [-0.39, 0.29) is 31.8 Å². The van der Waals surface area contributed by atoms with Crippen molar-refractivity contribution in [3.63, 3.8) is 0 Å². The summed E-state index contributed by atoms with van der Waals surface area (Å²) in [5.74, 6) is -0.209. The van der Waals surface area contributed by atoms with Crippen LogP contribution in [0.1, 0.15) is 23.2 Å². The molecule has 0 atom stereocenters. The first-order valence-electron chi connectivity index (χ1n) is 8.83. The summed E-state index contributed by atoms with van der Waals surface area (Å²) in [7, 11) is 0. The summed E-state index contributed by atoms with van der Waals surface area (Å²) in [5.41, 5.74) is 2.73. The number of rotatable bonds is 6. The van der Waals surface area contributed by atoms with Crippen molar-refractivity contribution >= 4 is 28.4 Å². The van der Waals surface area contributed by atoms with Crippen LogP contribution in [0.5, 0.6) is 0 Å². The lowest BCUT2D eigenvalue weighted by molar-refractivity contribution is 0.0764. The smallest absolute Gasteiger partial charge is 0.254 e. The zero-order valence-corrected chi connectivity index (χ0v) is 15.9. The molecule has 0 N–H and O–H groups in total. The van der Waals surface area contributed by atoms with Gasteiger partial charge in [0.1, 0.15) is 0 Å². The molecule has 0 saturated carbocycles. The molecule has 0 fully saturated rings. The van der Waals surface area contributed by atoms with Gasteiger partial charge in [0.05, 0.1) is 41.8 Å². The molecule has 0 aliphatic rings. The van der Waals surface area contributed by atoms with Gasteiger partial charge in [-0.15, -0.1) is 0 Å². The van der Waals surface area contributed by atoms with Crippen molar-refractivity contribution in [2.45, 2.75) is 12.8 Å². The number of pyridine rings is 1. The number of aromatic nitrogens is 1. The van der Waals surface area contributed by atoms with E-state index in [1.165, 1.54) is 0 Å². The van der Waals surface area contributed by atoms with Crippen LogP contribution in [-0.4, -0.2) is 28.9 Å². The first kappa shape index (κ1) is 19.4. The van der Waals surface area contributed by atoms with Gasteiger partial charge in [-0.3, -0.25) is 4.79 Å². The third-order valence-corrected chi connectivity index (χ3v) is 4.61. The van der Waals surface area contributed by atoms with E-state index in [4.69, 9.17) is 22.1 Å². The third-order valence-electron chi connectivity index (χ3n) is 4.36. The fraction of sp³-hybridized carbons (Fsp3) is 0.182. The number of fused-ring (bicyclic) bond motifs is 1. The summed E-state index contributed by atoms with van der Waals surface area (Å²) >= 11 is 5.98. The molecule has 1 heterocycles. The molecule has 0 bridgehead atoms. The van der Waals surface area contributed by atoms with Crippen LogP contribution in [0.2, 0.25) is 5.02 Å². The number of carbonyl (C=O) groups excluding carboxylic acids is 1. The molecule has 6 heteroatoms. The van der Waals surface area contributed by atoms with E-state index in [0.29, 0.717) is 21.8 Å². The van der Waals surface area contributed by atoms with Gasteiger partial charge >= 0.3 is 0 Å². The first-order valence-corrected chi connectivity index (χ1v) is 9.20. The second-order valence-corrected chi connectivity index (χ2v) is 6.62. The minimum Gasteiger partial charge on any atom is -0.337 e. The average Bonchev–Trinajstić information content (AvgIpc) is 2.73. The first-order chi connectivity index (χ1) is 13.6. The molecule has 0 spiro atoms. The van der Waals surface area contributed by atoms with E-state index in [1.807, 2.05) is 36.4 Å². The van der Waals surface area contributed by atoms with Gasteiger partial charge in [0, 0.05) is 29.1 Å². The molecule has 5 nitrogen and oxygen atoms in total. The molecule has 0 aliphatic carbocycles. The molecular formula is C22H17ClN4O. The number of amides is 1. The van der Waals surface area contributed by atoms with Crippen molar-refractivity contribution in [2.24, 2.45) is 0 Å². The van der Waals surface area contributed by atoms with Gasteiger partial charge in [0.25, 0.3) is 5.91 Å². The maximum atomic E-state index is 13.3. The minimum absolute atomic E-state index is 0.209. The maximum Gasteiger partial charge on any atom is 0.254 e. The third kappa shape index (κ3) is 4.28. The Hall–Kier alpha value is -3.41. The maximum absolute atomic E-state index is 13.3. The largest absolute Gasteiger partial charge is 0.337 e. The van der Waals surface area contributed by atoms with Crippen LogP contribution in [-0.2, 0) is 0 Å². The fourth-order valence-electron chi connectivity index (χ4n) is 2.98. The second-order valence-electron chi connectivity index (χ2n) is 6.19. The molecular weight excluding hydrogens is 372 g/mol. The number of nitriles is 2. The van der Waals surface area contributed by atoms with E-state index in [0.717, 1.165) is 10.9 Å². The fourth-order valence-corrected chi connectivity index (χ4v) is 3.10. The Morgan fingerprint density at radius 2 is 1.64 bits per heavy atom. The Balaban J connectivity index is 2.09. The highest BCUT2D eigenvalue weighted by atomic mass is 35.5. The van der Waals surface area contributed by atoms with Crippen LogP contribution in [0.15, 0.2) is 54.6 Å². The van der Waals surface area contributed by atoms with Gasteiger partial charge in [-0.2, -0.15) is 10.5 Å². The van der Waals surface area contributed by atoms with E-state index in [1.54, 1.807) is 23.1 Å². The molecule has 1 aromatic heterocycles. The van der Waals surface area contributed by atoms with Crippen molar-refractivity contribution < 1.29 is 4.79 Å². The van der Waals surface area contributed by atoms with Crippen LogP contribution < -0.4 is 0 Å². The van der Waals surface area contributed by atoms with Gasteiger partial charge in [-0.1, -0.05) is 41.9 Å². The van der Waals surface area contributed by atoms with Gasteiger partial charge in [-0.25, -0.2) is 4.98 Å². The predicted octanol–water partition coefficient (Wildman–Crippen LogP) is 4.82. The zero-order chi connectivity index (χ0) is 19.9. The van der Waals surface area contributed by atoms with Crippen LogP contribution in [0.3, 0.4) is 0 Å². The van der Waals surface area contributed by atoms with Gasteiger partial charge in [0.2, 0.25) is 0 Å². The van der Waals surface area contributed by atoms with Crippen LogP contribution in [0, 0.1) is 22.7 Å². The SMILES string of the molecule is N#CCCN(CCC#N)C(=O)c1cc(-c2ccc(Cl)cc2)nc2ccccc12. The number of para-hydroxylation sites is 1. The Labute approximate surface area is 168 Å². The Morgan fingerprint density at radius 1 is 1.00 bits per heavy atom. The molecule has 3 rings (SSSR count). The van der Waals surface area contributed by atoms with E-state index >= 15 is 0 Å². The van der Waals surface area contributed by atoms with Crippen LogP contribution >= 0.6 is 11.6 Å². The monoisotopic (exact) mass is 388 g/mol. The Morgan fingerprint density at radius 3 is 2.29 bits per heavy atom. The highest BCUT2D eigenvalue weighted by Crippen LogP contribution is 2.27. The highest BCUT2D eigenvalue weighted by Gasteiger charge is 2.19. The standard InChI is InChI=1S/C22H17ClN4O/c23-17-9-7-16(8-10-17)21-15-19(18-5-1-2-6-20(18)26-21)22(28)27(13-3-11-24)14-4-12-25/h1-2,5-10,15H,3-4,13-14H2. The molecule has 0 radical (unpaired) electrons. The Kier molecular flexibility index (Phi) is 6.22. The minimum atomic E-state index is -0.209. The van der Waals surface area contributed by atoms with Crippen molar-refractivity contribution in [1.29, 1.82) is 10.5 Å². The van der Waals surface area contributed by atoms with E-state index < -0.39 is 0 Å².